The molecule has 0 aromatic carbocycles. The van der Waals surface area contributed by atoms with Crippen molar-refractivity contribution >= 4 is 17.8 Å². The fourth-order valence-corrected chi connectivity index (χ4v) is 1.15. The van der Waals surface area contributed by atoms with Crippen molar-refractivity contribution in [1.82, 2.24) is 10.6 Å². The predicted octanol–water partition coefficient (Wildman–Crippen LogP) is -2.47. The number of cyclic esters (lactones) is 1. The molecule has 1 saturated heterocycles. The zero-order chi connectivity index (χ0) is 11.4. The molecule has 0 saturated carbocycles. The molecule has 0 aliphatic carbocycles. The molecule has 2 atom stereocenters. The fourth-order valence-electron chi connectivity index (χ4n) is 1.15. The number of carbonyl (C=O) groups excluding carboxylic acids is 3. The van der Waals surface area contributed by atoms with Crippen molar-refractivity contribution in [2.24, 2.45) is 0 Å². The minimum Gasteiger partial charge on any atom is -0.461 e. The van der Waals surface area contributed by atoms with Crippen LogP contribution in [0, 0.1) is 0 Å². The van der Waals surface area contributed by atoms with Gasteiger partial charge in [-0.05, 0) is 0 Å². The second-order valence-electron chi connectivity index (χ2n) is 3.13. The Morgan fingerprint density at radius 3 is 2.87 bits per heavy atom. The first kappa shape index (κ1) is 11.4. The summed E-state index contributed by atoms with van der Waals surface area (Å²) in [5, 5.41) is 13.4. The molecular formula is C8H12N2O5. The molecule has 0 spiro atoms. The van der Waals surface area contributed by atoms with E-state index < -0.39 is 36.5 Å². The summed E-state index contributed by atoms with van der Waals surface area (Å²) in [6.07, 6.45) is 0. The van der Waals surface area contributed by atoms with E-state index in [2.05, 4.69) is 10.6 Å². The largest absolute Gasteiger partial charge is 0.461 e. The summed E-state index contributed by atoms with van der Waals surface area (Å²) in [6.45, 7) is 0.502. The van der Waals surface area contributed by atoms with Gasteiger partial charge in [0.25, 0.3) is 0 Å². The smallest absolute Gasteiger partial charge is 0.331 e. The lowest BCUT2D eigenvalue weighted by Crippen LogP contribution is -2.50. The zero-order valence-electron chi connectivity index (χ0n) is 8.15. The van der Waals surface area contributed by atoms with Gasteiger partial charge in [-0.15, -0.1) is 0 Å². The van der Waals surface area contributed by atoms with Crippen LogP contribution in [0.1, 0.15) is 6.92 Å². The third-order valence-corrected chi connectivity index (χ3v) is 1.87. The van der Waals surface area contributed by atoms with E-state index in [9.17, 15) is 14.4 Å². The van der Waals surface area contributed by atoms with Crippen molar-refractivity contribution in [3.63, 3.8) is 0 Å². The number of hydrogen-bond donors (Lipinski definition) is 3. The fraction of sp³-hybridized carbons (Fsp3) is 0.625. The Morgan fingerprint density at radius 2 is 2.33 bits per heavy atom. The number of nitrogens with one attached hydrogen (secondary N) is 2. The normalized spacial score (nSPS) is 26.3. The first-order valence-electron chi connectivity index (χ1n) is 4.39. The molecule has 7 heteroatoms. The van der Waals surface area contributed by atoms with E-state index in [1.54, 1.807) is 0 Å². The van der Waals surface area contributed by atoms with Crippen LogP contribution in [-0.2, 0) is 19.1 Å². The quantitative estimate of drug-likeness (QED) is 0.443. The Labute approximate surface area is 85.8 Å². The van der Waals surface area contributed by atoms with Crippen LogP contribution in [0.25, 0.3) is 0 Å². The zero-order valence-corrected chi connectivity index (χ0v) is 8.15. The van der Waals surface area contributed by atoms with E-state index in [1.807, 2.05) is 0 Å². The van der Waals surface area contributed by atoms with Gasteiger partial charge in [0, 0.05) is 6.92 Å². The highest BCUT2D eigenvalue weighted by atomic mass is 16.5. The number of carbonyl (C=O) groups is 3. The standard InChI is InChI=1S/C8H12N2O5/c1-4(12)9-6-3-15-8(14)5(2-11)10-7(6)13/h5-6,11H,2-3H2,1H3,(H,9,12)(H,10,13). The summed E-state index contributed by atoms with van der Waals surface area (Å²) in [6, 6.07) is -1.96. The molecule has 0 radical (unpaired) electrons. The minimum atomic E-state index is -1.06. The lowest BCUT2D eigenvalue weighted by atomic mass is 10.2. The maximum Gasteiger partial charge on any atom is 0.331 e. The highest BCUT2D eigenvalue weighted by Crippen LogP contribution is 1.99. The number of esters is 1. The lowest BCUT2D eigenvalue weighted by Gasteiger charge is -2.13. The maximum absolute atomic E-state index is 11.4. The van der Waals surface area contributed by atoms with E-state index in [1.165, 1.54) is 6.92 Å². The average Bonchev–Trinajstić information content (AvgIpc) is 2.30. The molecule has 7 nitrogen and oxygen atoms in total. The van der Waals surface area contributed by atoms with Gasteiger partial charge in [0.05, 0.1) is 6.61 Å². The maximum atomic E-state index is 11.4. The van der Waals surface area contributed by atoms with Crippen LogP contribution in [0.5, 0.6) is 0 Å². The number of amides is 2. The van der Waals surface area contributed by atoms with Gasteiger partial charge in [0.15, 0.2) is 6.04 Å². The van der Waals surface area contributed by atoms with Gasteiger partial charge >= 0.3 is 5.97 Å². The minimum absolute atomic E-state index is 0.221. The molecule has 0 aromatic heterocycles. The highest BCUT2D eigenvalue weighted by molar-refractivity contribution is 5.92. The summed E-state index contributed by atoms with van der Waals surface area (Å²) in [5.74, 6) is -1.65. The summed E-state index contributed by atoms with van der Waals surface area (Å²) in [4.78, 5) is 33.2. The number of rotatable bonds is 2. The summed E-state index contributed by atoms with van der Waals surface area (Å²) < 4.78 is 4.69. The summed E-state index contributed by atoms with van der Waals surface area (Å²) in [7, 11) is 0. The van der Waals surface area contributed by atoms with Crippen LogP contribution in [0.2, 0.25) is 0 Å². The first-order valence-corrected chi connectivity index (χ1v) is 4.39. The Kier molecular flexibility index (Phi) is 3.62. The topological polar surface area (TPSA) is 105 Å². The molecule has 1 aliphatic heterocycles. The molecule has 0 aromatic rings. The second kappa shape index (κ2) is 4.74. The molecule has 0 bridgehead atoms. The Bertz CT molecular complexity index is 291. The van der Waals surface area contributed by atoms with Crippen molar-refractivity contribution in [3.8, 4) is 0 Å². The molecule has 2 unspecified atom stereocenters. The number of hydrogen-bond acceptors (Lipinski definition) is 5. The molecule has 15 heavy (non-hydrogen) atoms. The SMILES string of the molecule is CC(=O)NC1COC(=O)C(CO)NC1=O. The lowest BCUT2D eigenvalue weighted by molar-refractivity contribution is -0.146. The third-order valence-electron chi connectivity index (χ3n) is 1.87. The van der Waals surface area contributed by atoms with E-state index in [-0.39, 0.29) is 6.61 Å². The molecule has 1 rings (SSSR count). The highest BCUT2D eigenvalue weighted by Gasteiger charge is 2.31. The van der Waals surface area contributed by atoms with E-state index in [0.717, 1.165) is 0 Å². The van der Waals surface area contributed by atoms with Crippen molar-refractivity contribution in [1.29, 1.82) is 0 Å². The third kappa shape index (κ3) is 2.91. The Morgan fingerprint density at radius 1 is 1.67 bits per heavy atom. The van der Waals surface area contributed by atoms with Gasteiger partial charge in [-0.1, -0.05) is 0 Å². The predicted molar refractivity (Wildman–Crippen MR) is 47.6 cm³/mol. The number of aliphatic hydroxyl groups excluding tert-OH is 1. The number of aliphatic hydroxyl groups is 1. The van der Waals surface area contributed by atoms with Gasteiger partial charge in [-0.25, -0.2) is 4.79 Å². The van der Waals surface area contributed by atoms with Crippen molar-refractivity contribution in [2.75, 3.05) is 13.2 Å². The molecular weight excluding hydrogens is 204 g/mol. The monoisotopic (exact) mass is 216 g/mol. The number of ether oxygens (including phenoxy) is 1. The molecule has 1 fully saturated rings. The van der Waals surface area contributed by atoms with Gasteiger partial charge in [-0.3, -0.25) is 9.59 Å². The van der Waals surface area contributed by atoms with Crippen LogP contribution in [0.3, 0.4) is 0 Å². The van der Waals surface area contributed by atoms with Gasteiger partial charge < -0.3 is 20.5 Å². The Balaban J connectivity index is 2.68. The van der Waals surface area contributed by atoms with Crippen LogP contribution >= 0.6 is 0 Å². The van der Waals surface area contributed by atoms with Crippen LogP contribution in [-0.4, -0.2) is 48.2 Å². The summed E-state index contributed by atoms with van der Waals surface area (Å²) in [5.41, 5.74) is 0. The van der Waals surface area contributed by atoms with Crippen LogP contribution in [0.15, 0.2) is 0 Å². The van der Waals surface area contributed by atoms with E-state index in [4.69, 9.17) is 9.84 Å². The van der Waals surface area contributed by atoms with Gasteiger partial charge in [0.2, 0.25) is 11.8 Å². The molecule has 2 amide bonds. The molecule has 1 heterocycles. The van der Waals surface area contributed by atoms with E-state index in [0.29, 0.717) is 0 Å². The summed E-state index contributed by atoms with van der Waals surface area (Å²) >= 11 is 0. The van der Waals surface area contributed by atoms with Crippen LogP contribution in [0.4, 0.5) is 0 Å². The average molecular weight is 216 g/mol. The van der Waals surface area contributed by atoms with Gasteiger partial charge in [0.1, 0.15) is 12.6 Å². The molecule has 84 valence electrons. The Hall–Kier alpha value is -1.63. The van der Waals surface area contributed by atoms with Crippen molar-refractivity contribution < 1.29 is 24.2 Å². The van der Waals surface area contributed by atoms with Crippen LogP contribution < -0.4 is 10.6 Å². The molecule has 1 aliphatic rings. The van der Waals surface area contributed by atoms with Crippen molar-refractivity contribution in [2.45, 2.75) is 19.0 Å². The van der Waals surface area contributed by atoms with Gasteiger partial charge in [-0.2, -0.15) is 0 Å². The first-order chi connectivity index (χ1) is 7.04. The van der Waals surface area contributed by atoms with Crippen molar-refractivity contribution in [3.05, 3.63) is 0 Å². The second-order valence-corrected chi connectivity index (χ2v) is 3.13. The molecule has 3 N–H and O–H groups in total. The van der Waals surface area contributed by atoms with E-state index >= 15 is 0 Å².